The summed E-state index contributed by atoms with van der Waals surface area (Å²) in [4.78, 5) is 0. The van der Waals surface area contributed by atoms with E-state index in [1.54, 1.807) is 16.7 Å². The Kier molecular flexibility index (Phi) is 13.6. The van der Waals surface area contributed by atoms with Crippen molar-refractivity contribution in [1.29, 1.82) is 0 Å². The normalized spacial score (nSPS) is 22.0. The first kappa shape index (κ1) is 33.7. The lowest BCUT2D eigenvalue weighted by Gasteiger charge is -2.33. The molecular formula is C40H59-. The molecule has 0 bridgehead atoms. The maximum Gasteiger partial charge on any atom is -0.0104 e. The van der Waals surface area contributed by atoms with Gasteiger partial charge in [0.1, 0.15) is 0 Å². The summed E-state index contributed by atoms with van der Waals surface area (Å²) in [6.45, 7) is 23.0. The molecule has 0 amide bonds. The first-order valence-corrected chi connectivity index (χ1v) is 15.8. The van der Waals surface area contributed by atoms with E-state index in [2.05, 4.69) is 142 Å². The molecule has 0 fully saturated rings. The highest BCUT2D eigenvalue weighted by molar-refractivity contribution is 5.38. The molecule has 0 radical (unpaired) electrons. The van der Waals surface area contributed by atoms with E-state index in [9.17, 15) is 0 Å². The van der Waals surface area contributed by atoms with Crippen LogP contribution in [0.1, 0.15) is 121 Å². The van der Waals surface area contributed by atoms with Gasteiger partial charge in [0.2, 0.25) is 0 Å². The van der Waals surface area contributed by atoms with Gasteiger partial charge in [-0.15, -0.1) is 11.6 Å². The molecular weight excluding hydrogens is 480 g/mol. The summed E-state index contributed by atoms with van der Waals surface area (Å²) >= 11 is 0. The van der Waals surface area contributed by atoms with Crippen LogP contribution in [0.2, 0.25) is 0 Å². The van der Waals surface area contributed by atoms with Gasteiger partial charge in [-0.1, -0.05) is 119 Å². The van der Waals surface area contributed by atoms with E-state index >= 15 is 0 Å². The number of hydrogen-bond acceptors (Lipinski definition) is 0. The summed E-state index contributed by atoms with van der Waals surface area (Å²) < 4.78 is 0. The largest absolute Gasteiger partial charge is 0.176 e. The Labute approximate surface area is 249 Å². The Morgan fingerprint density at radius 3 is 1.90 bits per heavy atom. The van der Waals surface area contributed by atoms with Crippen molar-refractivity contribution in [2.45, 2.75) is 121 Å². The summed E-state index contributed by atoms with van der Waals surface area (Å²) in [5.41, 5.74) is 10.7. The maximum absolute atomic E-state index is 2.39. The molecule has 0 aromatic carbocycles. The Balaban J connectivity index is 1.77. The minimum absolute atomic E-state index is 0.297. The fraction of sp³-hybridized carbons (Fsp3) is 0.525. The highest BCUT2D eigenvalue weighted by Crippen LogP contribution is 2.41. The topological polar surface area (TPSA) is 0 Å². The van der Waals surface area contributed by atoms with Crippen LogP contribution < -0.4 is 0 Å². The van der Waals surface area contributed by atoms with Crippen molar-refractivity contribution in [1.82, 2.24) is 0 Å². The van der Waals surface area contributed by atoms with Crippen LogP contribution in [0.4, 0.5) is 0 Å². The van der Waals surface area contributed by atoms with Crippen molar-refractivity contribution in [2.24, 2.45) is 16.7 Å². The maximum atomic E-state index is 2.39. The summed E-state index contributed by atoms with van der Waals surface area (Å²) in [6, 6.07) is 0. The van der Waals surface area contributed by atoms with Gasteiger partial charge < -0.3 is 0 Å². The van der Waals surface area contributed by atoms with Crippen molar-refractivity contribution in [2.75, 3.05) is 0 Å². The second kappa shape index (κ2) is 16.1. The third-order valence-electron chi connectivity index (χ3n) is 8.83. The van der Waals surface area contributed by atoms with E-state index in [0.29, 0.717) is 16.7 Å². The molecule has 0 spiro atoms. The van der Waals surface area contributed by atoms with Gasteiger partial charge in [-0.05, 0) is 94.6 Å². The second-order valence-corrected chi connectivity index (χ2v) is 13.8. The molecule has 1 unspecified atom stereocenters. The van der Waals surface area contributed by atoms with Crippen LogP contribution in [-0.4, -0.2) is 0 Å². The van der Waals surface area contributed by atoms with Gasteiger partial charge in [0.25, 0.3) is 0 Å². The predicted octanol–water partition coefficient (Wildman–Crippen LogP) is 12.7. The molecule has 0 aromatic rings. The zero-order valence-electron chi connectivity index (χ0n) is 27.7. The van der Waals surface area contributed by atoms with Gasteiger partial charge in [-0.25, -0.2) is 0 Å². The van der Waals surface area contributed by atoms with Crippen LogP contribution in [0.5, 0.6) is 0 Å². The fourth-order valence-electron chi connectivity index (χ4n) is 6.11. The molecule has 0 heteroatoms. The molecule has 2 aliphatic carbocycles. The molecule has 0 nitrogen and oxygen atoms in total. The lowest BCUT2D eigenvalue weighted by Crippen LogP contribution is -2.19. The van der Waals surface area contributed by atoms with Crippen LogP contribution >= 0.6 is 0 Å². The van der Waals surface area contributed by atoms with Gasteiger partial charge in [0.05, 0.1) is 0 Å². The fourth-order valence-corrected chi connectivity index (χ4v) is 6.11. The van der Waals surface area contributed by atoms with E-state index in [1.807, 2.05) is 0 Å². The van der Waals surface area contributed by atoms with Crippen molar-refractivity contribution >= 4 is 0 Å². The zero-order chi connectivity index (χ0) is 29.8. The van der Waals surface area contributed by atoms with E-state index < -0.39 is 0 Å². The van der Waals surface area contributed by atoms with Crippen LogP contribution in [0, 0.1) is 23.2 Å². The van der Waals surface area contributed by atoms with Gasteiger partial charge in [-0.2, -0.15) is 24.6 Å². The van der Waals surface area contributed by atoms with E-state index in [1.165, 1.54) is 67.2 Å². The van der Waals surface area contributed by atoms with Crippen LogP contribution in [0.25, 0.3) is 0 Å². The lowest BCUT2D eigenvalue weighted by molar-refractivity contribution is 0.376. The molecule has 0 saturated carbocycles. The van der Waals surface area contributed by atoms with Crippen molar-refractivity contribution in [3.8, 4) is 0 Å². The highest BCUT2D eigenvalue weighted by atomic mass is 14.3. The highest BCUT2D eigenvalue weighted by Gasteiger charge is 2.27. The third-order valence-corrected chi connectivity index (χ3v) is 8.83. The smallest absolute Gasteiger partial charge is 0.0104 e. The summed E-state index contributed by atoms with van der Waals surface area (Å²) in [7, 11) is 0. The first-order chi connectivity index (χ1) is 18.8. The van der Waals surface area contributed by atoms with Gasteiger partial charge in [0.15, 0.2) is 0 Å². The molecule has 0 saturated heterocycles. The molecule has 0 N–H and O–H groups in total. The van der Waals surface area contributed by atoms with Gasteiger partial charge in [-0.3, -0.25) is 0 Å². The van der Waals surface area contributed by atoms with E-state index in [-0.39, 0.29) is 0 Å². The average Bonchev–Trinajstić information content (AvgIpc) is 2.85. The van der Waals surface area contributed by atoms with E-state index in [4.69, 9.17) is 0 Å². The Morgan fingerprint density at radius 2 is 1.35 bits per heavy atom. The third kappa shape index (κ3) is 11.6. The SMILES string of the molecule is CC1=C(/C=C/C(C)=C/C=C/C(C)=C/[CH-]/C=C/C(C)CC/C=C(C)/C=C/C2=C(C)CCCC2(C)C)C(C)(C)CCC1. The minimum atomic E-state index is 0.297. The van der Waals surface area contributed by atoms with Gasteiger partial charge >= 0.3 is 0 Å². The number of allylic oxidation sites excluding steroid dienone is 18. The molecule has 0 aromatic heterocycles. The number of rotatable bonds is 12. The summed E-state index contributed by atoms with van der Waals surface area (Å²) in [6.07, 6.45) is 37.2. The Bertz CT molecular complexity index is 1110. The lowest BCUT2D eigenvalue weighted by atomic mass is 9.72. The van der Waals surface area contributed by atoms with Crippen molar-refractivity contribution in [3.63, 3.8) is 0 Å². The first-order valence-electron chi connectivity index (χ1n) is 15.8. The van der Waals surface area contributed by atoms with Crippen LogP contribution in [-0.2, 0) is 0 Å². The summed E-state index contributed by atoms with van der Waals surface area (Å²) in [5.74, 6) is 0.570. The second-order valence-electron chi connectivity index (χ2n) is 13.8. The molecule has 0 heterocycles. The zero-order valence-corrected chi connectivity index (χ0v) is 27.7. The predicted molar refractivity (Wildman–Crippen MR) is 181 cm³/mol. The Hall–Kier alpha value is -2.47. The summed E-state index contributed by atoms with van der Waals surface area (Å²) in [5, 5.41) is 0. The van der Waals surface area contributed by atoms with E-state index in [0.717, 1.165) is 6.42 Å². The van der Waals surface area contributed by atoms with Gasteiger partial charge in [0, 0.05) is 0 Å². The molecule has 2 aliphatic rings. The molecule has 220 valence electrons. The van der Waals surface area contributed by atoms with Crippen LogP contribution in [0.15, 0.2) is 106 Å². The monoisotopic (exact) mass is 539 g/mol. The number of hydrogen-bond donors (Lipinski definition) is 0. The standard InChI is InChI=1S/C40H59/c1-31(19-13-21-33(3)25-27-37-35(5)23-15-29-39(37,7)8)17-11-12-18-32(2)20-14-22-34(4)26-28-38-36(6)24-16-30-40(38,9)10/h11-13,17-19,21-22,25-28,32H,14-16,20,23-24,29-30H2,1-10H3/q-1/b18-12+,19-13+,27-25+,28-26+,31-17+,33-21+,34-22+. The molecule has 1 atom stereocenters. The quantitative estimate of drug-likeness (QED) is 0.171. The van der Waals surface area contributed by atoms with Crippen molar-refractivity contribution in [3.05, 3.63) is 112 Å². The minimum Gasteiger partial charge on any atom is -0.176 e. The van der Waals surface area contributed by atoms with Crippen molar-refractivity contribution < 1.29 is 0 Å². The molecule has 40 heavy (non-hydrogen) atoms. The average molecular weight is 540 g/mol. The molecule has 2 rings (SSSR count). The molecule has 0 aliphatic heterocycles. The van der Waals surface area contributed by atoms with Crippen LogP contribution in [0.3, 0.4) is 0 Å². The Morgan fingerprint density at radius 1 is 0.800 bits per heavy atom.